The average Bonchev–Trinajstić information content (AvgIpc) is 3.16. The standard InChI is InChI=1S/C18H22FN3O3/c19-13-5-7-15(8-6-13)24-11-14(23)10-22-9-1-2-16(22)17-20-18(25-21-17)12-3-4-12/h5-8,12,14,16,23H,1-4,9-11H2. The third-order valence-electron chi connectivity index (χ3n) is 4.75. The van der Waals surface area contributed by atoms with Crippen molar-refractivity contribution in [3.8, 4) is 5.75 Å². The molecule has 0 radical (unpaired) electrons. The first-order chi connectivity index (χ1) is 12.2. The van der Waals surface area contributed by atoms with Gasteiger partial charge in [-0.05, 0) is 56.5 Å². The Kier molecular flexibility index (Phi) is 4.67. The first kappa shape index (κ1) is 16.5. The molecule has 4 rings (SSSR count). The second kappa shape index (κ2) is 7.09. The number of rotatable bonds is 7. The summed E-state index contributed by atoms with van der Waals surface area (Å²) < 4.78 is 23.8. The fraction of sp³-hybridized carbons (Fsp3) is 0.556. The van der Waals surface area contributed by atoms with Crippen molar-refractivity contribution in [2.75, 3.05) is 19.7 Å². The van der Waals surface area contributed by atoms with Gasteiger partial charge in [0, 0.05) is 12.5 Å². The summed E-state index contributed by atoms with van der Waals surface area (Å²) in [5.41, 5.74) is 0. The molecule has 2 fully saturated rings. The number of likely N-dealkylation sites (tertiary alicyclic amines) is 1. The second-order valence-corrected chi connectivity index (χ2v) is 6.84. The van der Waals surface area contributed by atoms with Gasteiger partial charge in [0.25, 0.3) is 0 Å². The number of β-amino-alcohol motifs (C(OH)–C–C–N with tert-alkyl or cyclic N) is 1. The van der Waals surface area contributed by atoms with Crippen LogP contribution in [0.3, 0.4) is 0 Å². The first-order valence-corrected chi connectivity index (χ1v) is 8.83. The van der Waals surface area contributed by atoms with Crippen molar-refractivity contribution in [3.63, 3.8) is 0 Å². The van der Waals surface area contributed by atoms with Crippen molar-refractivity contribution in [3.05, 3.63) is 41.8 Å². The van der Waals surface area contributed by atoms with Gasteiger partial charge in [-0.25, -0.2) is 4.39 Å². The summed E-state index contributed by atoms with van der Waals surface area (Å²) >= 11 is 0. The topological polar surface area (TPSA) is 71.6 Å². The highest BCUT2D eigenvalue weighted by Crippen LogP contribution is 2.40. The monoisotopic (exact) mass is 347 g/mol. The number of aromatic nitrogens is 2. The van der Waals surface area contributed by atoms with E-state index in [-0.39, 0.29) is 18.5 Å². The van der Waals surface area contributed by atoms with Crippen LogP contribution in [0.2, 0.25) is 0 Å². The van der Waals surface area contributed by atoms with Crippen LogP contribution >= 0.6 is 0 Å². The molecule has 6 nitrogen and oxygen atoms in total. The van der Waals surface area contributed by atoms with Crippen LogP contribution in [0.4, 0.5) is 4.39 Å². The Morgan fingerprint density at radius 2 is 2.08 bits per heavy atom. The Balaban J connectivity index is 1.31. The van der Waals surface area contributed by atoms with E-state index < -0.39 is 6.10 Å². The van der Waals surface area contributed by atoms with Gasteiger partial charge < -0.3 is 14.4 Å². The summed E-state index contributed by atoms with van der Waals surface area (Å²) in [7, 11) is 0. The van der Waals surface area contributed by atoms with E-state index in [2.05, 4.69) is 15.0 Å². The van der Waals surface area contributed by atoms with Gasteiger partial charge in [-0.2, -0.15) is 4.98 Å². The Morgan fingerprint density at radius 3 is 2.84 bits per heavy atom. The van der Waals surface area contributed by atoms with Crippen molar-refractivity contribution < 1.29 is 18.8 Å². The van der Waals surface area contributed by atoms with Crippen LogP contribution in [0.25, 0.3) is 0 Å². The largest absolute Gasteiger partial charge is 0.491 e. The van der Waals surface area contributed by atoms with Crippen molar-refractivity contribution in [1.29, 1.82) is 0 Å². The average molecular weight is 347 g/mol. The summed E-state index contributed by atoms with van der Waals surface area (Å²) in [6.07, 6.45) is 3.64. The molecule has 1 aliphatic carbocycles. The molecular weight excluding hydrogens is 325 g/mol. The molecule has 1 saturated heterocycles. The molecule has 2 atom stereocenters. The summed E-state index contributed by atoms with van der Waals surface area (Å²) in [5, 5.41) is 14.4. The molecule has 0 spiro atoms. The molecular formula is C18H22FN3O3. The number of ether oxygens (including phenoxy) is 1. The number of hydrogen-bond donors (Lipinski definition) is 1. The van der Waals surface area contributed by atoms with Gasteiger partial charge >= 0.3 is 0 Å². The zero-order chi connectivity index (χ0) is 17.2. The highest BCUT2D eigenvalue weighted by atomic mass is 19.1. The smallest absolute Gasteiger partial charge is 0.229 e. The lowest BCUT2D eigenvalue weighted by molar-refractivity contribution is 0.0623. The zero-order valence-corrected chi connectivity index (χ0v) is 14.0. The minimum atomic E-state index is -0.638. The SMILES string of the molecule is OC(COc1ccc(F)cc1)CN1CCCC1c1noc(C2CC2)n1. The number of benzene rings is 1. The second-order valence-electron chi connectivity index (χ2n) is 6.84. The predicted octanol–water partition coefficient (Wildman–Crippen LogP) is 2.66. The fourth-order valence-corrected chi connectivity index (χ4v) is 3.26. The minimum Gasteiger partial charge on any atom is -0.491 e. The van der Waals surface area contributed by atoms with Crippen molar-refractivity contribution >= 4 is 0 Å². The summed E-state index contributed by atoms with van der Waals surface area (Å²) in [6, 6.07) is 5.88. The number of aliphatic hydroxyl groups excluding tert-OH is 1. The highest BCUT2D eigenvalue weighted by molar-refractivity contribution is 5.22. The predicted molar refractivity (Wildman–Crippen MR) is 87.7 cm³/mol. The summed E-state index contributed by atoms with van der Waals surface area (Å²) in [4.78, 5) is 6.73. The van der Waals surface area contributed by atoms with Crippen LogP contribution < -0.4 is 4.74 Å². The van der Waals surface area contributed by atoms with Gasteiger partial charge in [0.2, 0.25) is 5.89 Å². The lowest BCUT2D eigenvalue weighted by atomic mass is 10.2. The van der Waals surface area contributed by atoms with E-state index in [0.717, 1.165) is 43.9 Å². The van der Waals surface area contributed by atoms with Gasteiger partial charge in [0.05, 0.1) is 6.04 Å². The molecule has 2 unspecified atom stereocenters. The van der Waals surface area contributed by atoms with Crippen LogP contribution in [0.5, 0.6) is 5.75 Å². The van der Waals surface area contributed by atoms with Crippen molar-refractivity contribution in [1.82, 2.24) is 15.0 Å². The maximum Gasteiger partial charge on any atom is 0.229 e. The Labute approximate surface area is 145 Å². The zero-order valence-electron chi connectivity index (χ0n) is 14.0. The van der Waals surface area contributed by atoms with Gasteiger partial charge in [-0.3, -0.25) is 4.90 Å². The maximum absolute atomic E-state index is 12.9. The van der Waals surface area contributed by atoms with Crippen molar-refractivity contribution in [2.24, 2.45) is 0 Å². The fourth-order valence-electron chi connectivity index (χ4n) is 3.26. The van der Waals surface area contributed by atoms with Crippen LogP contribution in [0.1, 0.15) is 49.4 Å². The number of nitrogens with zero attached hydrogens (tertiary/aromatic N) is 3. The minimum absolute atomic E-state index is 0.0942. The molecule has 134 valence electrons. The molecule has 2 aliphatic rings. The third-order valence-corrected chi connectivity index (χ3v) is 4.75. The van der Waals surface area contributed by atoms with Crippen LogP contribution in [0, 0.1) is 5.82 Å². The quantitative estimate of drug-likeness (QED) is 0.830. The normalized spacial score (nSPS) is 22.2. The van der Waals surface area contributed by atoms with Gasteiger partial charge in [0.15, 0.2) is 5.82 Å². The van der Waals surface area contributed by atoms with Crippen molar-refractivity contribution in [2.45, 2.75) is 43.7 Å². The van der Waals surface area contributed by atoms with E-state index in [1.165, 1.54) is 12.1 Å². The van der Waals surface area contributed by atoms with Gasteiger partial charge in [-0.1, -0.05) is 5.16 Å². The lowest BCUT2D eigenvalue weighted by Gasteiger charge is -2.24. The van der Waals surface area contributed by atoms with E-state index in [0.29, 0.717) is 18.2 Å². The Bertz CT molecular complexity index is 702. The van der Waals surface area contributed by atoms with E-state index in [9.17, 15) is 9.50 Å². The van der Waals surface area contributed by atoms with Gasteiger partial charge in [0.1, 0.15) is 24.3 Å². The molecule has 1 aromatic carbocycles. The van der Waals surface area contributed by atoms with E-state index in [1.807, 2.05) is 0 Å². The summed E-state index contributed by atoms with van der Waals surface area (Å²) in [5.74, 6) is 2.17. The number of hydrogen-bond acceptors (Lipinski definition) is 6. The maximum atomic E-state index is 12.9. The van der Waals surface area contributed by atoms with E-state index in [1.54, 1.807) is 12.1 Å². The van der Waals surface area contributed by atoms with Gasteiger partial charge in [-0.15, -0.1) is 0 Å². The molecule has 0 bridgehead atoms. The number of halogens is 1. The molecule has 1 aromatic heterocycles. The lowest BCUT2D eigenvalue weighted by Crippen LogP contribution is -2.35. The molecule has 2 heterocycles. The first-order valence-electron chi connectivity index (χ1n) is 8.83. The van der Waals surface area contributed by atoms with Crippen LogP contribution in [-0.4, -0.2) is 45.9 Å². The molecule has 0 amide bonds. The molecule has 1 aliphatic heterocycles. The molecule has 1 N–H and O–H groups in total. The molecule has 2 aromatic rings. The number of aliphatic hydroxyl groups is 1. The highest BCUT2D eigenvalue weighted by Gasteiger charge is 2.34. The molecule has 7 heteroatoms. The Morgan fingerprint density at radius 1 is 1.28 bits per heavy atom. The van der Waals surface area contributed by atoms with Crippen LogP contribution in [-0.2, 0) is 0 Å². The molecule has 25 heavy (non-hydrogen) atoms. The summed E-state index contributed by atoms with van der Waals surface area (Å²) in [6.45, 7) is 1.54. The van der Waals surface area contributed by atoms with E-state index in [4.69, 9.17) is 9.26 Å². The Hall–Kier alpha value is -1.99. The van der Waals surface area contributed by atoms with Crippen LogP contribution in [0.15, 0.2) is 28.8 Å². The van der Waals surface area contributed by atoms with E-state index >= 15 is 0 Å². The third kappa shape index (κ3) is 3.99. The molecule has 1 saturated carbocycles.